The predicted molar refractivity (Wildman–Crippen MR) is 76.4 cm³/mol. The summed E-state index contributed by atoms with van der Waals surface area (Å²) in [4.78, 5) is 2.76. The molecule has 1 N–H and O–H groups in total. The van der Waals surface area contributed by atoms with E-state index in [0.29, 0.717) is 5.41 Å². The van der Waals surface area contributed by atoms with Crippen molar-refractivity contribution in [3.8, 4) is 0 Å². The van der Waals surface area contributed by atoms with Crippen LogP contribution in [0.15, 0.2) is 0 Å². The van der Waals surface area contributed by atoms with Crippen molar-refractivity contribution in [3.05, 3.63) is 0 Å². The number of hydrogen-bond donors (Lipinski definition) is 1. The van der Waals surface area contributed by atoms with E-state index in [0.717, 1.165) is 18.5 Å². The number of hydrogen-bond acceptors (Lipinski definition) is 2. The van der Waals surface area contributed by atoms with Gasteiger partial charge in [-0.3, -0.25) is 4.90 Å². The highest BCUT2D eigenvalue weighted by Crippen LogP contribution is 2.34. The predicted octanol–water partition coefficient (Wildman–Crippen LogP) is 3.13. The maximum atomic E-state index is 3.40. The lowest BCUT2D eigenvalue weighted by Crippen LogP contribution is -2.45. The first kappa shape index (κ1) is 15.0. The van der Waals surface area contributed by atoms with Gasteiger partial charge < -0.3 is 5.32 Å². The van der Waals surface area contributed by atoms with E-state index in [9.17, 15) is 0 Å². The van der Waals surface area contributed by atoms with Gasteiger partial charge in [-0.1, -0.05) is 27.7 Å². The fourth-order valence-corrected chi connectivity index (χ4v) is 2.84. The molecule has 1 saturated carbocycles. The molecule has 0 heterocycles. The van der Waals surface area contributed by atoms with E-state index in [1.54, 1.807) is 0 Å². The van der Waals surface area contributed by atoms with Gasteiger partial charge in [0.25, 0.3) is 0 Å². The second-order valence-corrected chi connectivity index (χ2v) is 6.29. The van der Waals surface area contributed by atoms with E-state index in [1.165, 1.54) is 38.8 Å². The van der Waals surface area contributed by atoms with Gasteiger partial charge in [-0.25, -0.2) is 0 Å². The Hall–Kier alpha value is -0.0800. The monoisotopic (exact) mass is 240 g/mol. The molecule has 2 heteroatoms. The van der Waals surface area contributed by atoms with Crippen LogP contribution in [0.4, 0.5) is 0 Å². The zero-order valence-corrected chi connectivity index (χ0v) is 12.6. The minimum atomic E-state index is 0.478. The third-order valence-electron chi connectivity index (χ3n) is 4.25. The van der Waals surface area contributed by atoms with Gasteiger partial charge >= 0.3 is 0 Å². The molecule has 0 aromatic carbocycles. The molecule has 0 saturated heterocycles. The topological polar surface area (TPSA) is 15.3 Å². The summed E-state index contributed by atoms with van der Waals surface area (Å²) in [5.74, 6) is 0.789. The zero-order valence-electron chi connectivity index (χ0n) is 12.6. The van der Waals surface area contributed by atoms with Gasteiger partial charge in [-0.15, -0.1) is 0 Å². The molecule has 17 heavy (non-hydrogen) atoms. The minimum absolute atomic E-state index is 0.478. The van der Waals surface area contributed by atoms with Crippen LogP contribution in [0.5, 0.6) is 0 Å². The number of rotatable bonds is 9. The Balaban J connectivity index is 2.60. The Morgan fingerprint density at radius 2 is 1.82 bits per heavy atom. The highest BCUT2D eigenvalue weighted by molar-refractivity contribution is 4.90. The molecule has 0 spiro atoms. The first-order chi connectivity index (χ1) is 8.06. The molecule has 0 aromatic rings. The molecule has 2 nitrogen and oxygen atoms in total. The molecule has 0 radical (unpaired) electrons. The summed E-state index contributed by atoms with van der Waals surface area (Å²) in [6, 6.07) is 0.895. The highest BCUT2D eigenvalue weighted by Gasteiger charge is 2.35. The maximum absolute atomic E-state index is 3.40. The van der Waals surface area contributed by atoms with Crippen LogP contribution in [0.1, 0.15) is 53.4 Å². The molecule has 0 bridgehead atoms. The number of nitrogens with zero attached hydrogens (tertiary/aromatic N) is 1. The van der Waals surface area contributed by atoms with Crippen LogP contribution >= 0.6 is 0 Å². The van der Waals surface area contributed by atoms with Crippen LogP contribution in [0.2, 0.25) is 0 Å². The Labute approximate surface area is 108 Å². The van der Waals surface area contributed by atoms with Crippen molar-refractivity contribution in [2.75, 3.05) is 26.7 Å². The minimum Gasteiger partial charge on any atom is -0.319 e. The van der Waals surface area contributed by atoms with Gasteiger partial charge in [0.05, 0.1) is 0 Å². The first-order valence-electron chi connectivity index (χ1n) is 7.45. The zero-order chi connectivity index (χ0) is 12.9. The largest absolute Gasteiger partial charge is 0.319 e. The van der Waals surface area contributed by atoms with E-state index in [1.807, 2.05) is 0 Å². The standard InChI is InChI=1S/C15H32N2/c1-6-15(7-2,11-16-5)12-17(10-13(3)4)14-8-9-14/h13-14,16H,6-12H2,1-5H3. The SMILES string of the molecule is CCC(CC)(CNC)CN(CC(C)C)C1CC1. The molecule has 0 aliphatic heterocycles. The summed E-state index contributed by atoms with van der Waals surface area (Å²) in [6.07, 6.45) is 5.42. The molecule has 0 amide bonds. The van der Waals surface area contributed by atoms with E-state index in [-0.39, 0.29) is 0 Å². The van der Waals surface area contributed by atoms with Crippen LogP contribution in [0, 0.1) is 11.3 Å². The van der Waals surface area contributed by atoms with Gasteiger partial charge in [0.2, 0.25) is 0 Å². The quantitative estimate of drug-likeness (QED) is 0.666. The van der Waals surface area contributed by atoms with Crippen molar-refractivity contribution in [2.24, 2.45) is 11.3 Å². The Bertz CT molecular complexity index is 205. The lowest BCUT2D eigenvalue weighted by molar-refractivity contribution is 0.119. The highest BCUT2D eigenvalue weighted by atomic mass is 15.2. The average Bonchev–Trinajstić information content (AvgIpc) is 3.10. The molecule has 102 valence electrons. The molecule has 0 atom stereocenters. The second kappa shape index (κ2) is 6.75. The van der Waals surface area contributed by atoms with E-state index in [4.69, 9.17) is 0 Å². The molecule has 1 aliphatic carbocycles. The normalized spacial score (nSPS) is 17.1. The van der Waals surface area contributed by atoms with Gasteiger partial charge in [0.15, 0.2) is 0 Å². The fourth-order valence-electron chi connectivity index (χ4n) is 2.84. The lowest BCUT2D eigenvalue weighted by atomic mass is 9.81. The second-order valence-electron chi connectivity index (χ2n) is 6.29. The van der Waals surface area contributed by atoms with Crippen molar-refractivity contribution >= 4 is 0 Å². The molecule has 0 unspecified atom stereocenters. The van der Waals surface area contributed by atoms with Crippen molar-refractivity contribution in [1.29, 1.82) is 0 Å². The Morgan fingerprint density at radius 1 is 1.24 bits per heavy atom. The van der Waals surface area contributed by atoms with Crippen LogP contribution in [-0.2, 0) is 0 Å². The van der Waals surface area contributed by atoms with E-state index >= 15 is 0 Å². The van der Waals surface area contributed by atoms with Crippen LogP contribution in [0.3, 0.4) is 0 Å². The molecule has 1 fully saturated rings. The van der Waals surface area contributed by atoms with Crippen molar-refractivity contribution in [3.63, 3.8) is 0 Å². The summed E-state index contributed by atoms with van der Waals surface area (Å²) in [5, 5.41) is 3.40. The summed E-state index contributed by atoms with van der Waals surface area (Å²) < 4.78 is 0. The number of nitrogens with one attached hydrogen (secondary N) is 1. The molecule has 0 aromatic heterocycles. The average molecular weight is 240 g/mol. The smallest absolute Gasteiger partial charge is 0.00967 e. The van der Waals surface area contributed by atoms with Crippen molar-refractivity contribution < 1.29 is 0 Å². The first-order valence-corrected chi connectivity index (χ1v) is 7.45. The fraction of sp³-hybridized carbons (Fsp3) is 1.00. The van der Waals surface area contributed by atoms with Gasteiger partial charge in [0.1, 0.15) is 0 Å². The van der Waals surface area contributed by atoms with E-state index < -0.39 is 0 Å². The summed E-state index contributed by atoms with van der Waals surface area (Å²) in [6.45, 7) is 13.1. The van der Waals surface area contributed by atoms with Crippen LogP contribution in [0.25, 0.3) is 0 Å². The third kappa shape index (κ3) is 4.59. The third-order valence-corrected chi connectivity index (χ3v) is 4.25. The summed E-state index contributed by atoms with van der Waals surface area (Å²) in [5.41, 5.74) is 0.478. The van der Waals surface area contributed by atoms with Crippen LogP contribution in [-0.4, -0.2) is 37.6 Å². The summed E-state index contributed by atoms with van der Waals surface area (Å²) >= 11 is 0. The lowest BCUT2D eigenvalue weighted by Gasteiger charge is -2.38. The van der Waals surface area contributed by atoms with Crippen LogP contribution < -0.4 is 5.32 Å². The molecular weight excluding hydrogens is 208 g/mol. The molecule has 1 rings (SSSR count). The van der Waals surface area contributed by atoms with Gasteiger partial charge in [-0.2, -0.15) is 0 Å². The van der Waals surface area contributed by atoms with Crippen molar-refractivity contribution in [1.82, 2.24) is 10.2 Å². The van der Waals surface area contributed by atoms with E-state index in [2.05, 4.69) is 45.0 Å². The summed E-state index contributed by atoms with van der Waals surface area (Å²) in [7, 11) is 2.09. The molecular formula is C15H32N2. The van der Waals surface area contributed by atoms with Gasteiger partial charge in [-0.05, 0) is 44.1 Å². The maximum Gasteiger partial charge on any atom is 0.00967 e. The van der Waals surface area contributed by atoms with Gasteiger partial charge in [0, 0.05) is 25.7 Å². The Morgan fingerprint density at radius 3 is 2.18 bits per heavy atom. The molecule has 1 aliphatic rings. The Kier molecular flexibility index (Phi) is 5.94. The van der Waals surface area contributed by atoms with Crippen molar-refractivity contribution in [2.45, 2.75) is 59.4 Å².